The minimum Gasteiger partial charge on any atom is -0.488 e. The third kappa shape index (κ3) is 5.42. The van der Waals surface area contributed by atoms with Crippen LogP contribution in [0.25, 0.3) is 16.8 Å². The highest BCUT2D eigenvalue weighted by molar-refractivity contribution is 8.18. The van der Waals surface area contributed by atoms with E-state index in [4.69, 9.17) is 4.74 Å². The lowest BCUT2D eigenvalue weighted by Crippen LogP contribution is -2.29. The van der Waals surface area contributed by atoms with Crippen LogP contribution in [0.15, 0.2) is 95.9 Å². The molecular formula is C31H24N2O3S. The Morgan fingerprint density at radius 3 is 2.49 bits per heavy atom. The standard InChI is InChI=1S/C31H24N2O3S/c32-20-24-13-4-5-14-25(24)21-36-28-17-16-23-12-6-7-15-26(23)27(28)19-29-30(34)33(31(35)37-29)18-8-11-22-9-2-1-3-10-22/h1-7,9-10,12-17,19H,8,11,18,21H2/b29-19+. The van der Waals surface area contributed by atoms with Gasteiger partial charge < -0.3 is 4.74 Å². The molecule has 1 heterocycles. The number of hydrogen-bond acceptors (Lipinski definition) is 5. The summed E-state index contributed by atoms with van der Waals surface area (Å²) in [7, 11) is 0. The van der Waals surface area contributed by atoms with Gasteiger partial charge in [-0.3, -0.25) is 14.5 Å². The van der Waals surface area contributed by atoms with E-state index in [0.717, 1.165) is 40.1 Å². The van der Waals surface area contributed by atoms with E-state index in [-0.39, 0.29) is 17.8 Å². The molecule has 37 heavy (non-hydrogen) atoms. The van der Waals surface area contributed by atoms with Crippen LogP contribution in [-0.2, 0) is 17.8 Å². The maximum atomic E-state index is 13.2. The van der Waals surface area contributed by atoms with Gasteiger partial charge in [0.25, 0.3) is 11.1 Å². The quantitative estimate of drug-likeness (QED) is 0.243. The number of benzene rings is 4. The number of thioether (sulfide) groups is 1. The third-order valence-corrected chi connectivity index (χ3v) is 7.20. The zero-order valence-corrected chi connectivity index (χ0v) is 20.9. The van der Waals surface area contributed by atoms with E-state index < -0.39 is 0 Å². The molecule has 0 saturated carbocycles. The lowest BCUT2D eigenvalue weighted by Gasteiger charge is -2.14. The van der Waals surface area contributed by atoms with Crippen LogP contribution in [0.1, 0.15) is 28.7 Å². The van der Waals surface area contributed by atoms with Crippen molar-refractivity contribution in [3.05, 3.63) is 118 Å². The molecule has 5 nitrogen and oxygen atoms in total. The molecule has 0 radical (unpaired) electrons. The second kappa shape index (κ2) is 11.2. The van der Waals surface area contributed by atoms with Crippen molar-refractivity contribution < 1.29 is 14.3 Å². The number of aryl methyl sites for hydroxylation is 1. The maximum absolute atomic E-state index is 13.2. The molecule has 1 saturated heterocycles. The van der Waals surface area contributed by atoms with Gasteiger partial charge in [0.2, 0.25) is 0 Å². The molecule has 0 aromatic heterocycles. The summed E-state index contributed by atoms with van der Waals surface area (Å²) in [5.41, 5.74) is 3.26. The summed E-state index contributed by atoms with van der Waals surface area (Å²) in [5.74, 6) is 0.305. The highest BCUT2D eigenvalue weighted by Gasteiger charge is 2.34. The third-order valence-electron chi connectivity index (χ3n) is 6.29. The summed E-state index contributed by atoms with van der Waals surface area (Å²) < 4.78 is 6.17. The average molecular weight is 505 g/mol. The number of hydrogen-bond donors (Lipinski definition) is 0. The predicted molar refractivity (Wildman–Crippen MR) is 147 cm³/mol. The molecular weight excluding hydrogens is 480 g/mol. The van der Waals surface area contributed by atoms with Gasteiger partial charge in [-0.1, -0.05) is 78.9 Å². The monoisotopic (exact) mass is 504 g/mol. The van der Waals surface area contributed by atoms with Crippen molar-refractivity contribution in [3.8, 4) is 11.8 Å². The normalized spacial score (nSPS) is 14.4. The fourth-order valence-electron chi connectivity index (χ4n) is 4.37. The molecule has 4 aromatic carbocycles. The Bertz CT molecular complexity index is 1540. The van der Waals surface area contributed by atoms with Crippen molar-refractivity contribution in [1.29, 1.82) is 5.26 Å². The number of rotatable bonds is 8. The number of carbonyl (C=O) groups excluding carboxylic acids is 2. The van der Waals surface area contributed by atoms with Crippen LogP contribution in [0.3, 0.4) is 0 Å². The predicted octanol–water partition coefficient (Wildman–Crippen LogP) is 6.96. The zero-order chi connectivity index (χ0) is 25.6. The molecule has 0 N–H and O–H groups in total. The first-order valence-electron chi connectivity index (χ1n) is 12.1. The molecule has 0 spiro atoms. The molecule has 0 atom stereocenters. The van der Waals surface area contributed by atoms with Crippen molar-refractivity contribution >= 4 is 39.8 Å². The minimum atomic E-state index is -0.281. The first-order valence-corrected chi connectivity index (χ1v) is 12.9. The topological polar surface area (TPSA) is 70.4 Å². The van der Waals surface area contributed by atoms with Crippen molar-refractivity contribution in [3.63, 3.8) is 0 Å². The SMILES string of the molecule is N#Cc1ccccc1COc1ccc2ccccc2c1/C=C1/SC(=O)N(CCCc2ccccc2)C1=O. The van der Waals surface area contributed by atoms with Gasteiger partial charge in [0.15, 0.2) is 0 Å². The van der Waals surface area contributed by atoms with Crippen LogP contribution >= 0.6 is 11.8 Å². The summed E-state index contributed by atoms with van der Waals surface area (Å²) in [5, 5.41) is 11.1. The van der Waals surface area contributed by atoms with Crippen molar-refractivity contribution in [2.24, 2.45) is 0 Å². The van der Waals surface area contributed by atoms with Gasteiger partial charge in [-0.25, -0.2) is 0 Å². The second-order valence-corrected chi connectivity index (χ2v) is 9.67. The fourth-order valence-corrected chi connectivity index (χ4v) is 5.22. The van der Waals surface area contributed by atoms with Crippen LogP contribution in [0.2, 0.25) is 0 Å². The molecule has 182 valence electrons. The van der Waals surface area contributed by atoms with E-state index in [1.54, 1.807) is 12.1 Å². The molecule has 0 aliphatic carbocycles. The molecule has 1 aliphatic heterocycles. The Labute approximate surface area is 220 Å². The van der Waals surface area contributed by atoms with Crippen LogP contribution in [0.4, 0.5) is 4.79 Å². The van der Waals surface area contributed by atoms with Crippen LogP contribution in [-0.4, -0.2) is 22.6 Å². The number of fused-ring (bicyclic) bond motifs is 1. The van der Waals surface area contributed by atoms with Crippen molar-refractivity contribution in [2.75, 3.05) is 6.54 Å². The maximum Gasteiger partial charge on any atom is 0.293 e. The summed E-state index contributed by atoms with van der Waals surface area (Å²) in [6.45, 7) is 0.588. The molecule has 0 bridgehead atoms. The van der Waals surface area contributed by atoms with E-state index in [9.17, 15) is 14.9 Å². The Morgan fingerprint density at radius 2 is 1.65 bits per heavy atom. The fraction of sp³-hybridized carbons (Fsp3) is 0.129. The Hall–Kier alpha value is -4.34. The molecule has 4 aromatic rings. The summed E-state index contributed by atoms with van der Waals surface area (Å²) in [6, 6.07) is 31.2. The van der Waals surface area contributed by atoms with Crippen LogP contribution in [0, 0.1) is 11.3 Å². The molecule has 2 amide bonds. The van der Waals surface area contributed by atoms with Gasteiger partial charge in [-0.2, -0.15) is 5.26 Å². The molecule has 0 unspecified atom stereocenters. The van der Waals surface area contributed by atoms with Gasteiger partial charge in [0, 0.05) is 17.7 Å². The van der Waals surface area contributed by atoms with Crippen LogP contribution in [0.5, 0.6) is 5.75 Å². The lowest BCUT2D eigenvalue weighted by atomic mass is 10.0. The highest BCUT2D eigenvalue weighted by atomic mass is 32.2. The summed E-state index contributed by atoms with van der Waals surface area (Å²) >= 11 is 0.961. The van der Waals surface area contributed by atoms with Gasteiger partial charge in [-0.05, 0) is 59.1 Å². The van der Waals surface area contributed by atoms with E-state index in [2.05, 4.69) is 6.07 Å². The Kier molecular flexibility index (Phi) is 7.34. The molecule has 1 fully saturated rings. The lowest BCUT2D eigenvalue weighted by molar-refractivity contribution is -0.122. The van der Waals surface area contributed by atoms with E-state index in [1.165, 1.54) is 10.5 Å². The summed E-state index contributed by atoms with van der Waals surface area (Å²) in [4.78, 5) is 27.6. The first kappa shape index (κ1) is 24.4. The van der Waals surface area contributed by atoms with Crippen molar-refractivity contribution in [2.45, 2.75) is 19.4 Å². The number of imide groups is 1. The van der Waals surface area contributed by atoms with E-state index >= 15 is 0 Å². The van der Waals surface area contributed by atoms with Gasteiger partial charge in [0.05, 0.1) is 16.5 Å². The van der Waals surface area contributed by atoms with Gasteiger partial charge in [0.1, 0.15) is 12.4 Å². The summed E-state index contributed by atoms with van der Waals surface area (Å²) in [6.07, 6.45) is 3.26. The minimum absolute atomic E-state index is 0.212. The Morgan fingerprint density at radius 1 is 0.892 bits per heavy atom. The second-order valence-electron chi connectivity index (χ2n) is 8.68. The first-order chi connectivity index (χ1) is 18.1. The van der Waals surface area contributed by atoms with Gasteiger partial charge >= 0.3 is 0 Å². The number of nitrogens with zero attached hydrogens (tertiary/aromatic N) is 2. The smallest absolute Gasteiger partial charge is 0.293 e. The zero-order valence-electron chi connectivity index (χ0n) is 20.1. The average Bonchev–Trinajstić information content (AvgIpc) is 3.20. The highest BCUT2D eigenvalue weighted by Crippen LogP contribution is 2.37. The van der Waals surface area contributed by atoms with Crippen LogP contribution < -0.4 is 4.74 Å². The van der Waals surface area contributed by atoms with Crippen molar-refractivity contribution in [1.82, 2.24) is 4.90 Å². The molecule has 5 rings (SSSR count). The number of amides is 2. The van der Waals surface area contributed by atoms with E-state index in [0.29, 0.717) is 29.2 Å². The number of carbonyl (C=O) groups is 2. The van der Waals surface area contributed by atoms with Gasteiger partial charge in [-0.15, -0.1) is 0 Å². The number of nitriles is 1. The largest absolute Gasteiger partial charge is 0.488 e. The number of ether oxygens (including phenoxy) is 1. The van der Waals surface area contributed by atoms with E-state index in [1.807, 2.05) is 84.9 Å². The molecule has 6 heteroatoms. The Balaban J connectivity index is 1.40. The molecule has 1 aliphatic rings.